The molecule has 0 aromatic heterocycles. The molecule has 0 spiro atoms. The molecule has 0 amide bonds. The van der Waals surface area contributed by atoms with Crippen molar-refractivity contribution in [3.05, 3.63) is 391 Å². The van der Waals surface area contributed by atoms with Gasteiger partial charge in [0.2, 0.25) is 0 Å². The first-order valence-electron chi connectivity index (χ1n) is 33.6. The van der Waals surface area contributed by atoms with Gasteiger partial charge in [-0.1, -0.05) is 235 Å². The Morgan fingerprint density at radius 1 is 0.212 bits per heavy atom. The summed E-state index contributed by atoms with van der Waals surface area (Å²) in [6, 6.07) is 132. The number of hydrogen-bond acceptors (Lipinski definition) is 8. The van der Waals surface area contributed by atoms with Gasteiger partial charge in [0.1, 0.15) is 0 Å². The van der Waals surface area contributed by atoms with Crippen molar-refractivity contribution >= 4 is 68.2 Å². The Labute approximate surface area is 667 Å². The molecule has 104 heavy (non-hydrogen) atoms. The van der Waals surface area contributed by atoms with Gasteiger partial charge < -0.3 is 39.2 Å². The Hall–Kier alpha value is -9.92. The van der Waals surface area contributed by atoms with Crippen LogP contribution < -0.4 is 39.2 Å². The zero-order valence-corrected chi connectivity index (χ0v) is 67.1. The molecule has 14 aromatic rings. The summed E-state index contributed by atoms with van der Waals surface area (Å²) in [5, 5.41) is 0. The van der Waals surface area contributed by atoms with Crippen LogP contribution in [0.2, 0.25) is 0 Å². The molecule has 14 aromatic carbocycles. The van der Waals surface area contributed by atoms with Crippen LogP contribution in [0.15, 0.2) is 340 Å². The predicted octanol–water partition coefficient (Wildman–Crippen LogP) is 22.8. The van der Waals surface area contributed by atoms with Gasteiger partial charge in [0.25, 0.3) is 0 Å². The quantitative estimate of drug-likeness (QED) is 0.125. The third-order valence-corrected chi connectivity index (χ3v) is 18.3. The summed E-state index contributed by atoms with van der Waals surface area (Å²) in [6.07, 6.45) is 0. The smallest absolute Gasteiger partial charge is 0.0326 e. The van der Waals surface area contributed by atoms with Gasteiger partial charge in [-0.25, -0.2) is 0 Å². The Bertz CT molecular complexity index is 5070. The fourth-order valence-corrected chi connectivity index (χ4v) is 13.2. The molecule has 18 rings (SSSR count). The molecule has 0 N–H and O–H groups in total. The maximum Gasteiger partial charge on any atom is 0.0326 e. The maximum atomic E-state index is 3.45. The topological polar surface area (TPSA) is 25.9 Å². The van der Waals surface area contributed by atoms with Crippen molar-refractivity contribution in [1.82, 2.24) is 0 Å². The van der Waals surface area contributed by atoms with Crippen LogP contribution in [-0.4, -0.2) is 28.2 Å². The van der Waals surface area contributed by atoms with Gasteiger partial charge in [0.15, 0.2) is 0 Å². The summed E-state index contributed by atoms with van der Waals surface area (Å²) in [5.74, 6) is 0. The van der Waals surface area contributed by atoms with Gasteiger partial charge in [0.05, 0.1) is 0 Å². The molecular formula is C92H72Ir4N8-8. The summed E-state index contributed by atoms with van der Waals surface area (Å²) < 4.78 is 0. The van der Waals surface area contributed by atoms with E-state index in [1.807, 2.05) is 48.5 Å². The van der Waals surface area contributed by atoms with E-state index in [0.717, 1.165) is 22.7 Å². The van der Waals surface area contributed by atoms with Gasteiger partial charge in [-0.3, -0.25) is 0 Å². The van der Waals surface area contributed by atoms with Crippen molar-refractivity contribution in [2.75, 3.05) is 67.4 Å². The number of para-hydroxylation sites is 9. The predicted molar refractivity (Wildman–Crippen MR) is 419 cm³/mol. The van der Waals surface area contributed by atoms with Gasteiger partial charge in [-0.05, 0) is 110 Å². The molecule has 4 aliphatic heterocycles. The maximum absolute atomic E-state index is 3.45. The molecule has 4 aliphatic rings. The Balaban J connectivity index is 0.000000138. The molecule has 0 saturated heterocycles. The zero-order valence-electron chi connectivity index (χ0n) is 57.6. The van der Waals surface area contributed by atoms with E-state index in [0.29, 0.717) is 0 Å². The molecule has 0 atom stereocenters. The monoisotopic (exact) mass is 2060 g/mol. The van der Waals surface area contributed by atoms with Crippen LogP contribution in [-0.2, 0) is 80.4 Å². The molecule has 0 unspecified atom stereocenters. The number of fused-ring (bicyclic) bond motifs is 4. The first-order chi connectivity index (χ1) is 49.3. The minimum Gasteiger partial charge on any atom is -0.504 e. The molecule has 0 aliphatic carbocycles. The van der Waals surface area contributed by atoms with Crippen LogP contribution in [0.5, 0.6) is 0 Å². The van der Waals surface area contributed by atoms with Crippen LogP contribution in [0.25, 0.3) is 66.8 Å². The molecular weight excluding hydrogens is 1990 g/mol. The molecule has 0 fully saturated rings. The second kappa shape index (κ2) is 35.0. The van der Waals surface area contributed by atoms with Gasteiger partial charge in [-0.15, -0.1) is 57.5 Å². The number of hydrogen-bond donors (Lipinski definition) is 0. The van der Waals surface area contributed by atoms with E-state index >= 15 is 0 Å². The summed E-state index contributed by atoms with van der Waals surface area (Å²) in [6.45, 7) is 8.43. The molecule has 524 valence electrons. The van der Waals surface area contributed by atoms with Crippen LogP contribution in [0.4, 0.5) is 68.2 Å². The van der Waals surface area contributed by atoms with E-state index in [2.05, 4.69) is 410 Å². The van der Waals surface area contributed by atoms with Crippen molar-refractivity contribution in [1.29, 1.82) is 0 Å². The van der Waals surface area contributed by atoms with Crippen LogP contribution >= 0.6 is 0 Å². The second-order valence-corrected chi connectivity index (χ2v) is 24.8. The Morgan fingerprint density at radius 3 is 0.875 bits per heavy atom. The second-order valence-electron chi connectivity index (χ2n) is 24.8. The first kappa shape index (κ1) is 75.2. The SMILES string of the molecule is CN1[CH-]N(c2[c-]cc(-c3ccc(-c4ccccc4)cc3)cc2)c2ccccc21.CN1[CH-]N(c2[c-]ccc(-c3ccc(-c4ccccc4)cc3)c2)c2ccccc21.CN1[CH-]N(c2[c-]ccc(-c3ccccc3)c2)c2ccccc21.CN1[CH-]N(c2[c-]cccc2-c2ccccc2)c2ccccc21.[Ir].[Ir].[Ir].[Ir]. The number of benzene rings is 14. The third-order valence-electron chi connectivity index (χ3n) is 18.3. The first-order valence-corrected chi connectivity index (χ1v) is 33.6. The van der Waals surface area contributed by atoms with Gasteiger partial charge in [-0.2, -0.15) is 106 Å². The van der Waals surface area contributed by atoms with E-state index in [1.165, 1.54) is 112 Å². The standard InChI is InChI=1S/2C26H20N2.2C20H16N2.4Ir/c1-27-19-28(26-13-6-5-12-25(26)27)24-11-7-10-23(18-24)22-16-14-21(15-17-22)20-8-3-2-4-9-20;1-27-19-28(26-10-6-5-9-25(26)27)24-17-15-23(16-18-24)22-13-11-21(12-14-22)20-7-3-2-4-8-20;1-21-15-22(20-14-8-7-13-19(20)21)18-12-6-5-11-17(18)16-9-3-2-4-10-16;1-21-15-22(20-13-6-5-12-19(20)21)18-11-7-10-17(14-18)16-8-3-2-4-9-16;;;;/h2-10,12-19H,1H3;2-17,19H,1H3;2-11,13-15H,1H3;2-10,12-15H,1H3;;;;/q4*-2;;;;. The third kappa shape index (κ3) is 16.5. The molecule has 4 heterocycles. The largest absolute Gasteiger partial charge is 0.504 e. The van der Waals surface area contributed by atoms with Crippen molar-refractivity contribution in [2.24, 2.45) is 0 Å². The number of nitrogens with zero attached hydrogens (tertiary/aromatic N) is 8. The summed E-state index contributed by atoms with van der Waals surface area (Å²) >= 11 is 0. The van der Waals surface area contributed by atoms with Crippen molar-refractivity contribution in [3.63, 3.8) is 0 Å². The van der Waals surface area contributed by atoms with Gasteiger partial charge in [0, 0.05) is 126 Å². The average molecular weight is 2060 g/mol. The van der Waals surface area contributed by atoms with Crippen LogP contribution in [0, 0.1) is 50.9 Å². The average Bonchev–Trinajstić information content (AvgIpc) is 1.62. The zero-order chi connectivity index (χ0) is 67.7. The van der Waals surface area contributed by atoms with Gasteiger partial charge >= 0.3 is 0 Å². The molecule has 4 radical (unpaired) electrons. The fraction of sp³-hybridized carbons (Fsp3) is 0.0435. The summed E-state index contributed by atoms with van der Waals surface area (Å²) in [5.41, 5.74) is 28.3. The minimum absolute atomic E-state index is 0. The van der Waals surface area contributed by atoms with E-state index in [-0.39, 0.29) is 80.4 Å². The number of anilines is 12. The van der Waals surface area contributed by atoms with Crippen molar-refractivity contribution < 1.29 is 80.4 Å². The van der Waals surface area contributed by atoms with Crippen LogP contribution in [0.3, 0.4) is 0 Å². The Kier molecular flexibility index (Phi) is 25.3. The van der Waals surface area contributed by atoms with E-state index in [1.54, 1.807) is 0 Å². The Morgan fingerprint density at radius 2 is 0.500 bits per heavy atom. The molecule has 0 bridgehead atoms. The van der Waals surface area contributed by atoms with Crippen molar-refractivity contribution in [3.8, 4) is 66.8 Å². The van der Waals surface area contributed by atoms with Crippen LogP contribution in [0.1, 0.15) is 0 Å². The molecule has 12 heteroatoms. The minimum atomic E-state index is 0. The normalized spacial score (nSPS) is 12.6. The van der Waals surface area contributed by atoms with E-state index in [4.69, 9.17) is 0 Å². The van der Waals surface area contributed by atoms with E-state index < -0.39 is 0 Å². The van der Waals surface area contributed by atoms with Crippen molar-refractivity contribution in [2.45, 2.75) is 0 Å². The number of rotatable bonds is 10. The molecule has 8 nitrogen and oxygen atoms in total. The summed E-state index contributed by atoms with van der Waals surface area (Å²) in [4.78, 5) is 17.3. The van der Waals surface area contributed by atoms with E-state index in [9.17, 15) is 0 Å². The fourth-order valence-electron chi connectivity index (χ4n) is 13.2. The molecule has 0 saturated carbocycles. The summed E-state index contributed by atoms with van der Waals surface area (Å²) in [7, 11) is 8.29.